The topological polar surface area (TPSA) is 22.1 Å². The van der Waals surface area contributed by atoms with Crippen LogP contribution in [0.3, 0.4) is 0 Å². The van der Waals surface area contributed by atoms with Gasteiger partial charge in [0.05, 0.1) is 19.0 Å². The third kappa shape index (κ3) is 1.48. The molecule has 0 aliphatic rings. The molecule has 1 aromatic rings. The number of hydrogen-bond donors (Lipinski definition) is 0. The van der Waals surface area contributed by atoms with Crippen molar-refractivity contribution in [1.82, 2.24) is 4.98 Å². The largest absolute Gasteiger partial charge is 0.495 e. The van der Waals surface area contributed by atoms with E-state index in [-0.39, 0.29) is 0 Å². The Bertz CT molecular complexity index is 237. The smallest absolute Gasteiger partial charge is 0.138 e. The van der Waals surface area contributed by atoms with Crippen LogP contribution in [-0.2, 0) is 0 Å². The van der Waals surface area contributed by atoms with Gasteiger partial charge in [0, 0.05) is 4.47 Å². The lowest BCUT2D eigenvalue weighted by atomic mass is 10.4. The third-order valence-corrected chi connectivity index (χ3v) is 2.04. The van der Waals surface area contributed by atoms with E-state index in [0.29, 0.717) is 0 Å². The summed E-state index contributed by atoms with van der Waals surface area (Å²) < 4.78 is 5.94. The molecule has 0 aliphatic carbocycles. The molecular formula is C7H8BrNO. The summed E-state index contributed by atoms with van der Waals surface area (Å²) in [6.07, 6.45) is 1.69. The molecule has 0 radical (unpaired) electrons. The summed E-state index contributed by atoms with van der Waals surface area (Å²) in [7, 11) is 1.62. The van der Waals surface area contributed by atoms with Gasteiger partial charge in [-0.1, -0.05) is 0 Å². The predicted octanol–water partition coefficient (Wildman–Crippen LogP) is 2.16. The van der Waals surface area contributed by atoms with Crippen LogP contribution in [0.2, 0.25) is 0 Å². The van der Waals surface area contributed by atoms with Gasteiger partial charge in [0.2, 0.25) is 0 Å². The van der Waals surface area contributed by atoms with E-state index in [1.807, 2.05) is 13.0 Å². The molecule has 0 amide bonds. The maximum atomic E-state index is 4.96. The Labute approximate surface area is 68.4 Å². The van der Waals surface area contributed by atoms with Crippen molar-refractivity contribution in [2.75, 3.05) is 7.11 Å². The third-order valence-electron chi connectivity index (χ3n) is 1.24. The lowest BCUT2D eigenvalue weighted by Gasteiger charge is -2.00. The van der Waals surface area contributed by atoms with Gasteiger partial charge in [-0.3, -0.25) is 4.98 Å². The number of aryl methyl sites for hydroxylation is 1. The number of hydrogen-bond acceptors (Lipinski definition) is 2. The van der Waals surface area contributed by atoms with Crippen molar-refractivity contribution >= 4 is 15.9 Å². The summed E-state index contributed by atoms with van der Waals surface area (Å²) >= 11 is 3.34. The van der Waals surface area contributed by atoms with Crippen LogP contribution in [0.5, 0.6) is 5.75 Å². The van der Waals surface area contributed by atoms with Crippen LogP contribution >= 0.6 is 15.9 Å². The van der Waals surface area contributed by atoms with Gasteiger partial charge in [-0.15, -0.1) is 0 Å². The molecule has 0 saturated carbocycles. The Morgan fingerprint density at radius 2 is 2.30 bits per heavy atom. The molecule has 1 rings (SSSR count). The number of halogens is 1. The van der Waals surface area contributed by atoms with Crippen molar-refractivity contribution in [3.05, 3.63) is 22.4 Å². The molecule has 0 N–H and O–H groups in total. The highest BCUT2D eigenvalue weighted by Crippen LogP contribution is 2.18. The van der Waals surface area contributed by atoms with Gasteiger partial charge < -0.3 is 4.74 Å². The molecule has 0 aliphatic heterocycles. The van der Waals surface area contributed by atoms with Crippen LogP contribution < -0.4 is 4.74 Å². The first-order valence-corrected chi connectivity index (χ1v) is 3.69. The minimum atomic E-state index is 0.775. The molecule has 0 saturated heterocycles. The lowest BCUT2D eigenvalue weighted by molar-refractivity contribution is 0.412. The van der Waals surface area contributed by atoms with Gasteiger partial charge in [0.15, 0.2) is 0 Å². The van der Waals surface area contributed by atoms with Crippen molar-refractivity contribution < 1.29 is 4.74 Å². The number of aromatic nitrogens is 1. The zero-order valence-electron chi connectivity index (χ0n) is 5.89. The van der Waals surface area contributed by atoms with Crippen LogP contribution in [0.1, 0.15) is 5.69 Å². The summed E-state index contributed by atoms with van der Waals surface area (Å²) in [6.45, 7) is 1.93. The van der Waals surface area contributed by atoms with E-state index in [0.717, 1.165) is 15.9 Å². The molecule has 0 atom stereocenters. The number of methoxy groups -OCH3 is 1. The number of nitrogens with zero attached hydrogens (tertiary/aromatic N) is 1. The molecule has 0 unspecified atom stereocenters. The molecule has 0 bridgehead atoms. The fraction of sp³-hybridized carbons (Fsp3) is 0.286. The van der Waals surface area contributed by atoms with E-state index in [1.165, 1.54) is 0 Å². The number of rotatable bonds is 1. The highest BCUT2D eigenvalue weighted by atomic mass is 79.9. The van der Waals surface area contributed by atoms with Crippen molar-refractivity contribution in [3.8, 4) is 5.75 Å². The van der Waals surface area contributed by atoms with Crippen LogP contribution in [0.25, 0.3) is 0 Å². The molecule has 1 heterocycles. The molecule has 0 aromatic carbocycles. The quantitative estimate of drug-likeness (QED) is 0.696. The van der Waals surface area contributed by atoms with E-state index >= 15 is 0 Å². The van der Waals surface area contributed by atoms with Gasteiger partial charge in [0.25, 0.3) is 0 Å². The fourth-order valence-corrected chi connectivity index (χ4v) is 0.928. The van der Waals surface area contributed by atoms with Crippen molar-refractivity contribution in [3.63, 3.8) is 0 Å². The van der Waals surface area contributed by atoms with Crippen LogP contribution in [0, 0.1) is 6.92 Å². The van der Waals surface area contributed by atoms with E-state index in [1.54, 1.807) is 13.3 Å². The van der Waals surface area contributed by atoms with E-state index in [9.17, 15) is 0 Å². The first-order chi connectivity index (χ1) is 4.74. The highest BCUT2D eigenvalue weighted by molar-refractivity contribution is 9.10. The molecule has 2 nitrogen and oxygen atoms in total. The van der Waals surface area contributed by atoms with Gasteiger partial charge >= 0.3 is 0 Å². The predicted molar refractivity (Wildman–Crippen MR) is 43.2 cm³/mol. The average Bonchev–Trinajstić information content (AvgIpc) is 1.95. The number of pyridine rings is 1. The van der Waals surface area contributed by atoms with Crippen LogP contribution in [-0.4, -0.2) is 12.1 Å². The maximum Gasteiger partial charge on any atom is 0.138 e. The SMILES string of the molecule is COc1cnc(C)c(Br)c1. The summed E-state index contributed by atoms with van der Waals surface area (Å²) in [5.74, 6) is 0.775. The molecule has 54 valence electrons. The molecule has 0 spiro atoms. The summed E-state index contributed by atoms with van der Waals surface area (Å²) in [4.78, 5) is 4.08. The first-order valence-electron chi connectivity index (χ1n) is 2.90. The van der Waals surface area contributed by atoms with Crippen LogP contribution in [0.4, 0.5) is 0 Å². The Hall–Kier alpha value is -0.570. The minimum Gasteiger partial charge on any atom is -0.495 e. The summed E-state index contributed by atoms with van der Waals surface area (Å²) in [5.41, 5.74) is 0.973. The maximum absolute atomic E-state index is 4.96. The minimum absolute atomic E-state index is 0.775. The zero-order valence-corrected chi connectivity index (χ0v) is 7.47. The van der Waals surface area contributed by atoms with Gasteiger partial charge in [-0.25, -0.2) is 0 Å². The monoisotopic (exact) mass is 201 g/mol. The average molecular weight is 202 g/mol. The molecule has 0 fully saturated rings. The van der Waals surface area contributed by atoms with Gasteiger partial charge in [0.1, 0.15) is 5.75 Å². The zero-order chi connectivity index (χ0) is 7.56. The molecule has 10 heavy (non-hydrogen) atoms. The van der Waals surface area contributed by atoms with E-state index in [4.69, 9.17) is 4.74 Å². The van der Waals surface area contributed by atoms with E-state index in [2.05, 4.69) is 20.9 Å². The summed E-state index contributed by atoms with van der Waals surface area (Å²) in [6, 6.07) is 1.89. The Morgan fingerprint density at radius 3 is 2.80 bits per heavy atom. The Kier molecular flexibility index (Phi) is 2.27. The second-order valence-corrected chi connectivity index (χ2v) is 2.80. The fourth-order valence-electron chi connectivity index (χ4n) is 0.600. The van der Waals surface area contributed by atoms with Gasteiger partial charge in [-0.2, -0.15) is 0 Å². The molecular weight excluding hydrogens is 194 g/mol. The van der Waals surface area contributed by atoms with Crippen molar-refractivity contribution in [2.45, 2.75) is 6.92 Å². The second-order valence-electron chi connectivity index (χ2n) is 1.94. The number of ether oxygens (including phenoxy) is 1. The lowest BCUT2D eigenvalue weighted by Crippen LogP contribution is -1.86. The normalized spacial score (nSPS) is 9.50. The Morgan fingerprint density at radius 1 is 1.60 bits per heavy atom. The molecule has 1 aromatic heterocycles. The van der Waals surface area contributed by atoms with E-state index < -0.39 is 0 Å². The molecule has 3 heteroatoms. The van der Waals surface area contributed by atoms with Crippen molar-refractivity contribution in [1.29, 1.82) is 0 Å². The van der Waals surface area contributed by atoms with Gasteiger partial charge in [-0.05, 0) is 28.9 Å². The standard InChI is InChI=1S/C7H8BrNO/c1-5-7(8)3-6(10-2)4-9-5/h3-4H,1-2H3. The summed E-state index contributed by atoms with van der Waals surface area (Å²) in [5, 5.41) is 0. The Balaban J connectivity index is 3.04. The highest BCUT2D eigenvalue weighted by Gasteiger charge is 1.96. The first kappa shape index (κ1) is 7.54. The van der Waals surface area contributed by atoms with Crippen molar-refractivity contribution in [2.24, 2.45) is 0 Å². The van der Waals surface area contributed by atoms with Crippen LogP contribution in [0.15, 0.2) is 16.7 Å². The second kappa shape index (κ2) is 3.01.